The molecule has 0 aromatic carbocycles. The van der Waals surface area contributed by atoms with Gasteiger partial charge in [-0.15, -0.1) is 0 Å². The van der Waals surface area contributed by atoms with E-state index in [-0.39, 0.29) is 0 Å². The summed E-state index contributed by atoms with van der Waals surface area (Å²) in [5, 5.41) is 3.33. The molecule has 16 heavy (non-hydrogen) atoms. The topological polar surface area (TPSA) is 12.0 Å². The normalized spacial score (nSPS) is 10.1. The number of rotatable bonds is 5. The molecular formula is C15H31N. The molecule has 0 aliphatic carbocycles. The maximum absolute atomic E-state index is 3.62. The Bertz CT molecular complexity index is 176. The molecule has 0 aromatic rings. The monoisotopic (exact) mass is 225 g/mol. The van der Waals surface area contributed by atoms with E-state index in [1.54, 1.807) is 6.08 Å². The van der Waals surface area contributed by atoms with Crippen molar-refractivity contribution in [3.05, 3.63) is 36.6 Å². The third kappa shape index (κ3) is 18.7. The van der Waals surface area contributed by atoms with E-state index in [9.17, 15) is 0 Å². The van der Waals surface area contributed by atoms with Crippen LogP contribution >= 0.6 is 0 Å². The molecule has 0 rings (SSSR count). The molecule has 1 N–H and O–H groups in total. The summed E-state index contributed by atoms with van der Waals surface area (Å²) in [6.07, 6.45) is 7.79. The van der Waals surface area contributed by atoms with Gasteiger partial charge in [0.2, 0.25) is 0 Å². The third-order valence-electron chi connectivity index (χ3n) is 1.44. The highest BCUT2D eigenvalue weighted by atomic mass is 14.9. The molecule has 0 saturated carbocycles. The van der Waals surface area contributed by atoms with Gasteiger partial charge in [0.25, 0.3) is 0 Å². The smallest absolute Gasteiger partial charge is 0.0296 e. The zero-order valence-electron chi connectivity index (χ0n) is 12.3. The lowest BCUT2D eigenvalue weighted by atomic mass is 10.2. The molecule has 0 amide bonds. The predicted molar refractivity (Wildman–Crippen MR) is 78.6 cm³/mol. The van der Waals surface area contributed by atoms with Crippen LogP contribution in [0.25, 0.3) is 0 Å². The van der Waals surface area contributed by atoms with E-state index < -0.39 is 0 Å². The molecule has 1 nitrogen and oxygen atoms in total. The summed E-state index contributed by atoms with van der Waals surface area (Å²) in [5.41, 5.74) is 1.16. The van der Waals surface area contributed by atoms with Gasteiger partial charge in [0, 0.05) is 12.2 Å². The molecule has 0 aliphatic heterocycles. The minimum absolute atomic E-state index is 0.678. The molecule has 0 spiro atoms. The molecule has 0 atom stereocenters. The van der Waals surface area contributed by atoms with Gasteiger partial charge >= 0.3 is 0 Å². The maximum atomic E-state index is 3.62. The van der Waals surface area contributed by atoms with Gasteiger partial charge < -0.3 is 5.32 Å². The Morgan fingerprint density at radius 1 is 1.19 bits per heavy atom. The van der Waals surface area contributed by atoms with Crippen molar-refractivity contribution < 1.29 is 0 Å². The quantitative estimate of drug-likeness (QED) is 0.654. The van der Waals surface area contributed by atoms with E-state index in [1.807, 2.05) is 46.8 Å². The van der Waals surface area contributed by atoms with Gasteiger partial charge in [-0.25, -0.2) is 0 Å². The van der Waals surface area contributed by atoms with Crippen molar-refractivity contribution in [2.45, 2.75) is 48.5 Å². The lowest BCUT2D eigenvalue weighted by Crippen LogP contribution is -2.17. The molecule has 0 heterocycles. The molecule has 0 unspecified atom stereocenters. The second-order valence-corrected chi connectivity index (χ2v) is 3.11. The van der Waals surface area contributed by atoms with Gasteiger partial charge in [-0.05, 0) is 18.9 Å². The first-order valence-electron chi connectivity index (χ1n) is 6.40. The van der Waals surface area contributed by atoms with Gasteiger partial charge in [0.1, 0.15) is 0 Å². The number of nitrogens with one attached hydrogen (secondary N) is 1. The summed E-state index contributed by atoms with van der Waals surface area (Å²) in [5.74, 6) is 0.678. The highest BCUT2D eigenvalue weighted by Crippen LogP contribution is 1.95. The van der Waals surface area contributed by atoms with Crippen molar-refractivity contribution in [2.75, 3.05) is 6.54 Å². The predicted octanol–water partition coefficient (Wildman–Crippen LogP) is 4.93. The standard InChI is InChI=1S/C11H19N.2C2H6/c1-5-7-8-11(6-2)12-9-10(3)4;2*1-2/h5-8,10,12H,1,9H2,2-4H3;2*1-2H3/b8-7-,11-6+;;. The summed E-state index contributed by atoms with van der Waals surface area (Å²) in [6, 6.07) is 0. The molecule has 0 fully saturated rings. The summed E-state index contributed by atoms with van der Waals surface area (Å²) in [7, 11) is 0. The lowest BCUT2D eigenvalue weighted by molar-refractivity contribution is 0.601. The van der Waals surface area contributed by atoms with Crippen LogP contribution in [0, 0.1) is 5.92 Å². The van der Waals surface area contributed by atoms with Gasteiger partial charge in [-0.3, -0.25) is 0 Å². The largest absolute Gasteiger partial charge is 0.385 e. The van der Waals surface area contributed by atoms with Crippen LogP contribution in [0.1, 0.15) is 48.5 Å². The Hall–Kier alpha value is -0.980. The van der Waals surface area contributed by atoms with Gasteiger partial charge in [0.15, 0.2) is 0 Å². The van der Waals surface area contributed by atoms with Crippen molar-refractivity contribution in [1.82, 2.24) is 5.32 Å². The van der Waals surface area contributed by atoms with Crippen LogP contribution in [-0.2, 0) is 0 Å². The molecule has 0 aliphatic rings. The Kier molecular flexibility index (Phi) is 25.0. The summed E-state index contributed by atoms with van der Waals surface area (Å²) in [6.45, 7) is 19.0. The second kappa shape index (κ2) is 19.6. The molecular weight excluding hydrogens is 194 g/mol. The highest BCUT2D eigenvalue weighted by Gasteiger charge is 1.92. The average molecular weight is 225 g/mol. The molecule has 0 aromatic heterocycles. The number of allylic oxidation sites excluding steroid dienone is 4. The van der Waals surface area contributed by atoms with Crippen LogP contribution in [0.2, 0.25) is 0 Å². The van der Waals surface area contributed by atoms with E-state index in [0.29, 0.717) is 5.92 Å². The van der Waals surface area contributed by atoms with Crippen molar-refractivity contribution in [2.24, 2.45) is 5.92 Å². The Labute approximate surface area is 103 Å². The van der Waals surface area contributed by atoms with Crippen LogP contribution in [0.5, 0.6) is 0 Å². The van der Waals surface area contributed by atoms with Crippen molar-refractivity contribution in [3.63, 3.8) is 0 Å². The molecule has 1 heteroatoms. The molecule has 0 radical (unpaired) electrons. The SMILES string of the molecule is C=C/C=C\C(=C/C)NCC(C)C.CC.CC. The first-order chi connectivity index (χ1) is 7.70. The first-order valence-corrected chi connectivity index (χ1v) is 6.40. The Morgan fingerprint density at radius 3 is 2.00 bits per heavy atom. The first kappa shape index (κ1) is 20.4. The van der Waals surface area contributed by atoms with E-state index in [1.165, 1.54) is 0 Å². The summed E-state index contributed by atoms with van der Waals surface area (Å²) < 4.78 is 0. The van der Waals surface area contributed by atoms with Gasteiger partial charge in [0.05, 0.1) is 0 Å². The fraction of sp³-hybridized carbons (Fsp3) is 0.600. The molecule has 0 saturated heterocycles. The number of hydrogen-bond donors (Lipinski definition) is 1. The minimum atomic E-state index is 0.678. The zero-order valence-corrected chi connectivity index (χ0v) is 12.3. The van der Waals surface area contributed by atoms with E-state index >= 15 is 0 Å². The van der Waals surface area contributed by atoms with E-state index in [4.69, 9.17) is 0 Å². The summed E-state index contributed by atoms with van der Waals surface area (Å²) in [4.78, 5) is 0. The van der Waals surface area contributed by atoms with Crippen molar-refractivity contribution >= 4 is 0 Å². The van der Waals surface area contributed by atoms with E-state index in [0.717, 1.165) is 12.2 Å². The second-order valence-electron chi connectivity index (χ2n) is 3.11. The van der Waals surface area contributed by atoms with Crippen molar-refractivity contribution in [3.8, 4) is 0 Å². The van der Waals surface area contributed by atoms with Crippen LogP contribution in [0.3, 0.4) is 0 Å². The fourth-order valence-corrected chi connectivity index (χ4v) is 0.751. The number of hydrogen-bond acceptors (Lipinski definition) is 1. The average Bonchev–Trinajstić information content (AvgIpc) is 2.34. The minimum Gasteiger partial charge on any atom is -0.385 e. The zero-order chi connectivity index (χ0) is 13.4. The maximum Gasteiger partial charge on any atom is 0.0296 e. The summed E-state index contributed by atoms with van der Waals surface area (Å²) >= 11 is 0. The molecule has 96 valence electrons. The fourth-order valence-electron chi connectivity index (χ4n) is 0.751. The van der Waals surface area contributed by atoms with Crippen molar-refractivity contribution in [1.29, 1.82) is 0 Å². The van der Waals surface area contributed by atoms with E-state index in [2.05, 4.69) is 31.8 Å². The Balaban J connectivity index is -0.000000376. The van der Waals surface area contributed by atoms with Crippen LogP contribution in [0.4, 0.5) is 0 Å². The van der Waals surface area contributed by atoms with Gasteiger partial charge in [-0.2, -0.15) is 0 Å². The lowest BCUT2D eigenvalue weighted by Gasteiger charge is -2.08. The van der Waals surface area contributed by atoms with Gasteiger partial charge in [-0.1, -0.05) is 66.3 Å². The van der Waals surface area contributed by atoms with Crippen LogP contribution in [0.15, 0.2) is 36.6 Å². The van der Waals surface area contributed by atoms with Crippen LogP contribution in [-0.4, -0.2) is 6.54 Å². The molecule has 0 bridgehead atoms. The third-order valence-corrected chi connectivity index (χ3v) is 1.44. The highest BCUT2D eigenvalue weighted by molar-refractivity contribution is 5.19. The Morgan fingerprint density at radius 2 is 1.69 bits per heavy atom. The van der Waals surface area contributed by atoms with Crippen LogP contribution < -0.4 is 5.32 Å².